The lowest BCUT2D eigenvalue weighted by atomic mass is 10.1. The van der Waals surface area contributed by atoms with Crippen LogP contribution in [0, 0.1) is 12.7 Å². The van der Waals surface area contributed by atoms with Crippen LogP contribution in [0.2, 0.25) is 0 Å². The summed E-state index contributed by atoms with van der Waals surface area (Å²) in [6.07, 6.45) is 0. The molecule has 0 aliphatic rings. The number of benzene rings is 2. The lowest BCUT2D eigenvalue weighted by molar-refractivity contribution is 0.0594. The fourth-order valence-electron chi connectivity index (χ4n) is 2.30. The zero-order chi connectivity index (χ0) is 16.4. The number of pyridine rings is 1. The average molecular weight is 310 g/mol. The Balaban J connectivity index is 2.13. The molecular weight excluding hydrogens is 295 g/mol. The highest BCUT2D eigenvalue weighted by atomic mass is 19.1. The van der Waals surface area contributed by atoms with E-state index in [1.54, 1.807) is 6.07 Å². The highest BCUT2D eigenvalue weighted by molar-refractivity contribution is 5.98. The second-order valence-electron chi connectivity index (χ2n) is 5.20. The van der Waals surface area contributed by atoms with Crippen LogP contribution in [0.4, 0.5) is 15.8 Å². The third kappa shape index (κ3) is 3.13. The van der Waals surface area contributed by atoms with E-state index in [4.69, 9.17) is 4.74 Å². The van der Waals surface area contributed by atoms with Crippen molar-refractivity contribution >= 4 is 28.2 Å². The summed E-state index contributed by atoms with van der Waals surface area (Å²) in [5.41, 5.74) is 3.25. The number of anilines is 2. The van der Waals surface area contributed by atoms with E-state index >= 15 is 0 Å². The summed E-state index contributed by atoms with van der Waals surface area (Å²) in [4.78, 5) is 16.0. The van der Waals surface area contributed by atoms with Crippen molar-refractivity contribution < 1.29 is 13.9 Å². The number of nitrogens with zero attached hydrogens (tertiary/aromatic N) is 1. The van der Waals surface area contributed by atoms with E-state index < -0.39 is 5.97 Å². The number of aryl methyl sites for hydroxylation is 1. The number of carbonyl (C=O) groups is 1. The van der Waals surface area contributed by atoms with Crippen molar-refractivity contribution in [2.75, 3.05) is 12.4 Å². The Morgan fingerprint density at radius 1 is 1.13 bits per heavy atom. The second-order valence-corrected chi connectivity index (χ2v) is 5.20. The van der Waals surface area contributed by atoms with Crippen LogP contribution in [0.3, 0.4) is 0 Å². The summed E-state index contributed by atoms with van der Waals surface area (Å²) in [7, 11) is 1.30. The molecule has 4 nitrogen and oxygen atoms in total. The topological polar surface area (TPSA) is 51.2 Å². The monoisotopic (exact) mass is 310 g/mol. The fraction of sp³-hybridized carbons (Fsp3) is 0.111. The molecule has 0 aliphatic carbocycles. The molecule has 0 saturated heterocycles. The van der Waals surface area contributed by atoms with E-state index in [0.29, 0.717) is 16.6 Å². The Labute approximate surface area is 132 Å². The fourth-order valence-corrected chi connectivity index (χ4v) is 2.30. The average Bonchev–Trinajstić information content (AvgIpc) is 2.56. The largest absolute Gasteiger partial charge is 0.464 e. The van der Waals surface area contributed by atoms with Gasteiger partial charge in [0, 0.05) is 11.1 Å². The van der Waals surface area contributed by atoms with Crippen molar-refractivity contribution in [3.63, 3.8) is 0 Å². The molecule has 2 aromatic carbocycles. The molecule has 0 amide bonds. The number of hydrogen-bond acceptors (Lipinski definition) is 4. The molecule has 0 radical (unpaired) electrons. The van der Waals surface area contributed by atoms with Crippen LogP contribution >= 0.6 is 0 Å². The number of halogens is 1. The Bertz CT molecular complexity index is 876. The molecule has 0 fully saturated rings. The third-order valence-electron chi connectivity index (χ3n) is 3.50. The number of methoxy groups -OCH3 is 1. The number of nitrogens with one attached hydrogen (secondary N) is 1. The van der Waals surface area contributed by atoms with Crippen LogP contribution < -0.4 is 5.32 Å². The van der Waals surface area contributed by atoms with Crippen molar-refractivity contribution in [1.82, 2.24) is 4.98 Å². The Hall–Kier alpha value is -2.95. The van der Waals surface area contributed by atoms with Gasteiger partial charge in [-0.25, -0.2) is 14.2 Å². The van der Waals surface area contributed by atoms with E-state index in [2.05, 4.69) is 10.3 Å². The number of esters is 1. The number of ether oxygens (including phenoxy) is 1. The van der Waals surface area contributed by atoms with Gasteiger partial charge in [-0.15, -0.1) is 0 Å². The molecule has 0 aliphatic heterocycles. The first-order valence-electron chi connectivity index (χ1n) is 7.09. The molecule has 3 rings (SSSR count). The summed E-state index contributed by atoms with van der Waals surface area (Å²) >= 11 is 0. The van der Waals surface area contributed by atoms with Crippen molar-refractivity contribution in [3.05, 3.63) is 65.6 Å². The summed E-state index contributed by atoms with van der Waals surface area (Å²) in [5, 5.41) is 3.80. The smallest absolute Gasteiger partial charge is 0.356 e. The van der Waals surface area contributed by atoms with Crippen molar-refractivity contribution in [2.45, 2.75) is 6.92 Å². The third-order valence-corrected chi connectivity index (χ3v) is 3.50. The number of carbonyl (C=O) groups excluding carboxylic acids is 1. The van der Waals surface area contributed by atoms with Gasteiger partial charge in [-0.05, 0) is 43.3 Å². The maximum atomic E-state index is 13.6. The molecule has 1 N–H and O–H groups in total. The molecule has 0 spiro atoms. The van der Waals surface area contributed by atoms with Crippen LogP contribution in [0.5, 0.6) is 0 Å². The minimum absolute atomic E-state index is 0.168. The van der Waals surface area contributed by atoms with Gasteiger partial charge in [-0.2, -0.15) is 0 Å². The first kappa shape index (κ1) is 15.0. The zero-order valence-corrected chi connectivity index (χ0v) is 12.8. The number of hydrogen-bond donors (Lipinski definition) is 1. The highest BCUT2D eigenvalue weighted by Gasteiger charge is 2.13. The van der Waals surface area contributed by atoms with E-state index in [9.17, 15) is 9.18 Å². The van der Waals surface area contributed by atoms with Gasteiger partial charge in [-0.1, -0.05) is 17.7 Å². The van der Waals surface area contributed by atoms with E-state index in [1.165, 1.54) is 25.3 Å². The lowest BCUT2D eigenvalue weighted by Gasteiger charge is -2.12. The van der Waals surface area contributed by atoms with Gasteiger partial charge < -0.3 is 10.1 Å². The minimum atomic E-state index is -0.539. The Kier molecular flexibility index (Phi) is 3.93. The van der Waals surface area contributed by atoms with E-state index in [0.717, 1.165) is 11.3 Å². The van der Waals surface area contributed by atoms with E-state index in [1.807, 2.05) is 31.2 Å². The van der Waals surface area contributed by atoms with Crippen LogP contribution in [0.25, 0.3) is 10.9 Å². The Morgan fingerprint density at radius 2 is 1.87 bits per heavy atom. The summed E-state index contributed by atoms with van der Waals surface area (Å²) in [6.45, 7) is 2.00. The molecule has 0 unspecified atom stereocenters. The van der Waals surface area contributed by atoms with Crippen molar-refractivity contribution in [1.29, 1.82) is 0 Å². The quantitative estimate of drug-likeness (QED) is 0.736. The van der Waals surface area contributed by atoms with Crippen molar-refractivity contribution in [2.24, 2.45) is 0 Å². The van der Waals surface area contributed by atoms with Gasteiger partial charge in [0.2, 0.25) is 0 Å². The van der Waals surface area contributed by atoms with Crippen LogP contribution in [-0.4, -0.2) is 18.1 Å². The second kappa shape index (κ2) is 6.04. The van der Waals surface area contributed by atoms with Gasteiger partial charge >= 0.3 is 5.97 Å². The summed E-state index contributed by atoms with van der Waals surface area (Å²) in [5.74, 6) is -0.903. The summed E-state index contributed by atoms with van der Waals surface area (Å²) in [6, 6.07) is 13.6. The first-order chi connectivity index (χ1) is 11.1. The standard InChI is InChI=1S/C18H15FN2O2/c1-11-3-6-13(7-4-11)20-16-10-17(18(22)23-2)21-15-8-5-12(19)9-14(15)16/h3-10H,1-2H3,(H,20,21). The molecule has 0 bridgehead atoms. The maximum Gasteiger partial charge on any atom is 0.356 e. The number of fused-ring (bicyclic) bond motifs is 1. The van der Waals surface area contributed by atoms with Crippen LogP contribution in [0.1, 0.15) is 16.1 Å². The van der Waals surface area contributed by atoms with Gasteiger partial charge in [0.05, 0.1) is 18.3 Å². The lowest BCUT2D eigenvalue weighted by Crippen LogP contribution is -2.06. The normalized spacial score (nSPS) is 10.6. The van der Waals surface area contributed by atoms with Gasteiger partial charge in [0.1, 0.15) is 5.82 Å². The van der Waals surface area contributed by atoms with E-state index in [-0.39, 0.29) is 11.5 Å². The predicted octanol–water partition coefficient (Wildman–Crippen LogP) is 4.21. The minimum Gasteiger partial charge on any atom is -0.464 e. The van der Waals surface area contributed by atoms with Crippen molar-refractivity contribution in [3.8, 4) is 0 Å². The molecular formula is C18H15FN2O2. The SMILES string of the molecule is COC(=O)c1cc(Nc2ccc(C)cc2)c2cc(F)ccc2n1. The van der Waals surface area contributed by atoms with Crippen LogP contribution in [-0.2, 0) is 4.74 Å². The summed E-state index contributed by atoms with van der Waals surface area (Å²) < 4.78 is 18.3. The number of rotatable bonds is 3. The molecule has 116 valence electrons. The van der Waals surface area contributed by atoms with Gasteiger partial charge in [-0.3, -0.25) is 0 Å². The molecule has 0 atom stereocenters. The predicted molar refractivity (Wildman–Crippen MR) is 87.5 cm³/mol. The van der Waals surface area contributed by atoms with Gasteiger partial charge in [0.15, 0.2) is 5.69 Å². The molecule has 1 aromatic heterocycles. The molecule has 5 heteroatoms. The maximum absolute atomic E-state index is 13.6. The molecule has 3 aromatic rings. The van der Waals surface area contributed by atoms with Crippen LogP contribution in [0.15, 0.2) is 48.5 Å². The highest BCUT2D eigenvalue weighted by Crippen LogP contribution is 2.27. The Morgan fingerprint density at radius 3 is 2.57 bits per heavy atom. The number of aromatic nitrogens is 1. The molecule has 1 heterocycles. The zero-order valence-electron chi connectivity index (χ0n) is 12.8. The molecule has 0 saturated carbocycles. The molecule has 23 heavy (non-hydrogen) atoms. The first-order valence-corrected chi connectivity index (χ1v) is 7.09. The van der Waals surface area contributed by atoms with Gasteiger partial charge in [0.25, 0.3) is 0 Å².